The third-order valence-electron chi connectivity index (χ3n) is 6.38. The molecule has 1 spiro atoms. The van der Waals surface area contributed by atoms with Crippen molar-refractivity contribution in [2.24, 2.45) is 5.41 Å². The predicted molar refractivity (Wildman–Crippen MR) is 123 cm³/mol. The van der Waals surface area contributed by atoms with Crippen molar-refractivity contribution in [3.8, 4) is 0 Å². The van der Waals surface area contributed by atoms with Crippen molar-refractivity contribution in [3.63, 3.8) is 0 Å². The minimum Gasteiger partial charge on any atom is -0.380 e. The topological polar surface area (TPSA) is 90.2 Å². The molecule has 1 aromatic carbocycles. The zero-order chi connectivity index (χ0) is 22.7. The maximum Gasteiger partial charge on any atom is 0.175 e. The second kappa shape index (κ2) is 7.25. The van der Waals surface area contributed by atoms with Crippen molar-refractivity contribution in [3.05, 3.63) is 42.0 Å². The molecule has 3 aromatic rings. The third kappa shape index (κ3) is 3.67. The minimum atomic E-state index is -3.34. The molecule has 0 bridgehead atoms. The van der Waals surface area contributed by atoms with Crippen LogP contribution in [0.15, 0.2) is 35.5 Å². The molecule has 9 heteroatoms. The van der Waals surface area contributed by atoms with E-state index in [4.69, 9.17) is 14.7 Å². The van der Waals surface area contributed by atoms with E-state index in [2.05, 4.69) is 30.7 Å². The lowest BCUT2D eigenvalue weighted by molar-refractivity contribution is -0.0985. The zero-order valence-corrected chi connectivity index (χ0v) is 19.8. The van der Waals surface area contributed by atoms with E-state index in [1.807, 2.05) is 16.7 Å². The second-order valence-corrected chi connectivity index (χ2v) is 12.2. The summed E-state index contributed by atoms with van der Waals surface area (Å²) >= 11 is 0. The molecule has 2 aliphatic heterocycles. The van der Waals surface area contributed by atoms with E-state index in [0.29, 0.717) is 11.4 Å². The van der Waals surface area contributed by atoms with Gasteiger partial charge in [0.2, 0.25) is 0 Å². The average Bonchev–Trinajstić information content (AvgIpc) is 3.31. The highest BCUT2D eigenvalue weighted by atomic mass is 32.2. The first-order valence-electron chi connectivity index (χ1n) is 10.9. The number of nitrogens with zero attached hydrogens (tertiary/aromatic N) is 5. The Morgan fingerprint density at radius 1 is 1.16 bits per heavy atom. The van der Waals surface area contributed by atoms with Gasteiger partial charge in [0.05, 0.1) is 31.0 Å². The fraction of sp³-hybridized carbons (Fsp3) is 0.522. The van der Waals surface area contributed by atoms with Gasteiger partial charge in [-0.05, 0) is 18.1 Å². The van der Waals surface area contributed by atoms with Gasteiger partial charge < -0.3 is 14.2 Å². The largest absolute Gasteiger partial charge is 0.380 e. The quantitative estimate of drug-likeness (QED) is 0.597. The molecule has 4 heterocycles. The normalized spacial score (nSPS) is 18.4. The third-order valence-corrected chi connectivity index (χ3v) is 7.58. The number of fused-ring (bicyclic) bond motifs is 1. The van der Waals surface area contributed by atoms with Gasteiger partial charge in [-0.15, -0.1) is 0 Å². The Balaban J connectivity index is 1.61. The van der Waals surface area contributed by atoms with Gasteiger partial charge in [0, 0.05) is 30.2 Å². The van der Waals surface area contributed by atoms with Crippen LogP contribution >= 0.6 is 0 Å². The van der Waals surface area contributed by atoms with E-state index < -0.39 is 9.84 Å². The summed E-state index contributed by atoms with van der Waals surface area (Å²) in [6.45, 7) is 10.1. The number of aromatic nitrogens is 4. The van der Waals surface area contributed by atoms with Gasteiger partial charge in [0.25, 0.3) is 0 Å². The first-order valence-corrected chi connectivity index (χ1v) is 12.8. The van der Waals surface area contributed by atoms with Crippen molar-refractivity contribution in [2.75, 3.05) is 37.5 Å². The Morgan fingerprint density at radius 2 is 1.91 bits per heavy atom. The summed E-state index contributed by atoms with van der Waals surface area (Å²) in [7, 11) is -3.34. The first kappa shape index (κ1) is 21.3. The van der Waals surface area contributed by atoms with Gasteiger partial charge in [-0.2, -0.15) is 0 Å². The van der Waals surface area contributed by atoms with E-state index in [9.17, 15) is 8.42 Å². The summed E-state index contributed by atoms with van der Waals surface area (Å²) in [5.41, 5.74) is 2.20. The molecule has 0 atom stereocenters. The Bertz CT molecular complexity index is 1290. The molecule has 0 radical (unpaired) electrons. The van der Waals surface area contributed by atoms with E-state index in [-0.39, 0.29) is 10.8 Å². The van der Waals surface area contributed by atoms with Crippen LogP contribution < -0.4 is 4.90 Å². The van der Waals surface area contributed by atoms with Gasteiger partial charge in [-0.3, -0.25) is 0 Å². The molecule has 32 heavy (non-hydrogen) atoms. The molecular weight excluding hydrogens is 426 g/mol. The van der Waals surface area contributed by atoms with E-state index in [1.54, 1.807) is 18.5 Å². The average molecular weight is 456 g/mol. The molecule has 0 unspecified atom stereocenters. The summed E-state index contributed by atoms with van der Waals surface area (Å²) < 4.78 is 32.0. The van der Waals surface area contributed by atoms with Crippen LogP contribution in [0, 0.1) is 5.41 Å². The second-order valence-electron chi connectivity index (χ2n) is 10.2. The Morgan fingerprint density at radius 3 is 2.53 bits per heavy atom. The molecule has 170 valence electrons. The molecule has 2 fully saturated rings. The van der Waals surface area contributed by atoms with Gasteiger partial charge >= 0.3 is 0 Å². The first-order chi connectivity index (χ1) is 15.1. The highest BCUT2D eigenvalue weighted by molar-refractivity contribution is 7.90. The molecule has 2 aromatic heterocycles. The molecule has 5 rings (SSSR count). The number of anilines is 1. The predicted octanol–water partition coefficient (Wildman–Crippen LogP) is 2.80. The van der Waals surface area contributed by atoms with Crippen LogP contribution in [0.3, 0.4) is 0 Å². The molecule has 0 N–H and O–H groups in total. The number of hydrogen-bond acceptors (Lipinski definition) is 7. The Labute approximate surface area is 188 Å². The molecule has 8 nitrogen and oxygen atoms in total. The maximum absolute atomic E-state index is 12.3. The highest BCUT2D eigenvalue weighted by Crippen LogP contribution is 2.40. The van der Waals surface area contributed by atoms with E-state index in [0.717, 1.165) is 61.1 Å². The lowest BCUT2D eigenvalue weighted by atomic mass is 9.85. The lowest BCUT2D eigenvalue weighted by Crippen LogP contribution is -2.44. The summed E-state index contributed by atoms with van der Waals surface area (Å²) in [6, 6.07) is 7.09. The van der Waals surface area contributed by atoms with Crippen molar-refractivity contribution < 1.29 is 13.2 Å². The van der Waals surface area contributed by atoms with Crippen molar-refractivity contribution in [1.82, 2.24) is 19.5 Å². The van der Waals surface area contributed by atoms with Crippen molar-refractivity contribution in [1.29, 1.82) is 0 Å². The summed E-state index contributed by atoms with van der Waals surface area (Å²) in [5.74, 6) is 1.61. The lowest BCUT2D eigenvalue weighted by Gasteiger charge is -2.37. The molecular formula is C23H29N5O3S. The van der Waals surface area contributed by atoms with Crippen LogP contribution in [0.1, 0.15) is 38.6 Å². The van der Waals surface area contributed by atoms with Crippen LogP contribution in [-0.2, 0) is 26.5 Å². The molecule has 0 aliphatic carbocycles. The molecule has 0 amide bonds. The highest BCUT2D eigenvalue weighted by Gasteiger charge is 2.45. The number of imidazole rings is 1. The SMILES string of the molecule is CC(C)(C)c1nc(N2CCC3(COC3)C2)c2ncn(Cc3ccccc3S(C)(=O)=O)c2n1. The van der Waals surface area contributed by atoms with Crippen molar-refractivity contribution in [2.45, 2.75) is 44.0 Å². The number of hydrogen-bond donors (Lipinski definition) is 0. The van der Waals surface area contributed by atoms with Crippen LogP contribution in [0.5, 0.6) is 0 Å². The minimum absolute atomic E-state index is 0.232. The Hall–Kier alpha value is -2.52. The summed E-state index contributed by atoms with van der Waals surface area (Å²) in [5, 5.41) is 0. The Kier molecular flexibility index (Phi) is 4.83. The van der Waals surface area contributed by atoms with Crippen LogP contribution in [0.2, 0.25) is 0 Å². The summed E-state index contributed by atoms with van der Waals surface area (Å²) in [4.78, 5) is 17.2. The van der Waals surface area contributed by atoms with Gasteiger partial charge in [0.15, 0.2) is 26.8 Å². The fourth-order valence-corrected chi connectivity index (χ4v) is 5.46. The molecule has 2 saturated heterocycles. The van der Waals surface area contributed by atoms with Gasteiger partial charge in [-0.1, -0.05) is 39.0 Å². The smallest absolute Gasteiger partial charge is 0.175 e. The molecule has 2 aliphatic rings. The van der Waals surface area contributed by atoms with Crippen LogP contribution in [-0.4, -0.2) is 60.5 Å². The van der Waals surface area contributed by atoms with Crippen LogP contribution in [0.25, 0.3) is 11.2 Å². The summed E-state index contributed by atoms with van der Waals surface area (Å²) in [6.07, 6.45) is 4.07. The number of benzene rings is 1. The number of rotatable bonds is 4. The van der Waals surface area contributed by atoms with E-state index >= 15 is 0 Å². The monoisotopic (exact) mass is 455 g/mol. The van der Waals surface area contributed by atoms with Gasteiger partial charge in [-0.25, -0.2) is 23.4 Å². The van der Waals surface area contributed by atoms with Crippen molar-refractivity contribution >= 4 is 26.8 Å². The zero-order valence-electron chi connectivity index (χ0n) is 19.0. The molecule has 0 saturated carbocycles. The van der Waals surface area contributed by atoms with E-state index in [1.165, 1.54) is 6.26 Å². The van der Waals surface area contributed by atoms with Gasteiger partial charge in [0.1, 0.15) is 5.82 Å². The number of ether oxygens (including phenoxy) is 1. The number of sulfone groups is 1. The fourth-order valence-electron chi connectivity index (χ4n) is 4.52. The standard InChI is InChI=1S/C23H29N5O3S/c1-22(2,3)21-25-19(27-10-9-23(12-27)13-31-14-23)18-20(26-21)28(15-24-18)11-16-7-5-6-8-17(16)32(4,29)30/h5-8,15H,9-14H2,1-4H3. The maximum atomic E-state index is 12.3. The van der Waals surface area contributed by atoms with Crippen LogP contribution in [0.4, 0.5) is 5.82 Å².